The van der Waals surface area contributed by atoms with Crippen LogP contribution in [-0.2, 0) is 25.7 Å². The summed E-state index contributed by atoms with van der Waals surface area (Å²) in [6.45, 7) is 2.53. The molecule has 118 valence electrons. The summed E-state index contributed by atoms with van der Waals surface area (Å²) in [6.07, 6.45) is 1.24. The number of likely N-dealkylation sites (tertiary alicyclic amines) is 1. The molecular formula is C16H20N2O4. The molecule has 6 nitrogen and oxygen atoms in total. The Morgan fingerprint density at radius 1 is 1.32 bits per heavy atom. The number of nitrogens with one attached hydrogen (secondary N) is 1. The van der Waals surface area contributed by atoms with E-state index in [1.165, 1.54) is 4.90 Å². The van der Waals surface area contributed by atoms with Crippen LogP contribution >= 0.6 is 0 Å². The summed E-state index contributed by atoms with van der Waals surface area (Å²) >= 11 is 0. The minimum atomic E-state index is -0.554. The summed E-state index contributed by atoms with van der Waals surface area (Å²) in [5, 5.41) is 2.70. The number of aryl methyl sites for hydroxylation is 1. The van der Waals surface area contributed by atoms with Crippen molar-refractivity contribution < 1.29 is 19.1 Å². The molecule has 2 amide bonds. The Bertz CT molecular complexity index is 571. The quantitative estimate of drug-likeness (QED) is 0.788. The van der Waals surface area contributed by atoms with Crippen molar-refractivity contribution in [2.75, 3.05) is 19.7 Å². The molecule has 0 spiro atoms. The fourth-order valence-corrected chi connectivity index (χ4v) is 2.27. The molecule has 0 saturated carbocycles. The molecule has 0 aliphatic carbocycles. The molecule has 0 atom stereocenters. The van der Waals surface area contributed by atoms with Crippen molar-refractivity contribution in [1.82, 2.24) is 10.2 Å². The van der Waals surface area contributed by atoms with E-state index in [0.29, 0.717) is 19.5 Å². The molecule has 1 aromatic carbocycles. The fraction of sp³-hybridized carbons (Fsp3) is 0.438. The zero-order valence-electron chi connectivity index (χ0n) is 12.6. The maximum absolute atomic E-state index is 11.7. The van der Waals surface area contributed by atoms with Crippen molar-refractivity contribution in [2.24, 2.45) is 0 Å². The summed E-state index contributed by atoms with van der Waals surface area (Å²) in [5.74, 6) is -0.952. The Kier molecular flexibility index (Phi) is 5.52. The van der Waals surface area contributed by atoms with Crippen LogP contribution in [-0.4, -0.2) is 42.4 Å². The van der Waals surface area contributed by atoms with E-state index in [0.717, 1.165) is 17.5 Å². The molecule has 0 aromatic heterocycles. The molecule has 0 unspecified atom stereocenters. The molecule has 1 aromatic rings. The van der Waals surface area contributed by atoms with E-state index in [-0.39, 0.29) is 25.0 Å². The van der Waals surface area contributed by atoms with Gasteiger partial charge in [-0.25, -0.2) is 0 Å². The predicted octanol–water partition coefficient (Wildman–Crippen LogP) is 0.777. The third-order valence-electron chi connectivity index (χ3n) is 3.59. The number of esters is 1. The maximum Gasteiger partial charge on any atom is 0.326 e. The van der Waals surface area contributed by atoms with Gasteiger partial charge in [0.05, 0.1) is 0 Å². The van der Waals surface area contributed by atoms with Crippen molar-refractivity contribution >= 4 is 17.8 Å². The number of carbonyl (C=O) groups is 3. The molecule has 1 saturated heterocycles. The van der Waals surface area contributed by atoms with Crippen LogP contribution in [0.4, 0.5) is 0 Å². The first kappa shape index (κ1) is 16.0. The van der Waals surface area contributed by atoms with E-state index in [9.17, 15) is 14.4 Å². The lowest BCUT2D eigenvalue weighted by Gasteiger charge is -2.14. The Morgan fingerprint density at radius 2 is 2.09 bits per heavy atom. The second-order valence-corrected chi connectivity index (χ2v) is 5.28. The fourth-order valence-electron chi connectivity index (χ4n) is 2.27. The normalized spacial score (nSPS) is 14.0. The summed E-state index contributed by atoms with van der Waals surface area (Å²) in [6, 6.07) is 7.73. The molecule has 6 heteroatoms. The summed E-state index contributed by atoms with van der Waals surface area (Å²) in [4.78, 5) is 36.1. The molecule has 2 rings (SSSR count). The first-order valence-electron chi connectivity index (χ1n) is 7.31. The van der Waals surface area contributed by atoms with Gasteiger partial charge in [0.1, 0.15) is 6.54 Å². The summed E-state index contributed by atoms with van der Waals surface area (Å²) in [5.41, 5.74) is 2.11. The van der Waals surface area contributed by atoms with Crippen molar-refractivity contribution in [3.63, 3.8) is 0 Å². The van der Waals surface area contributed by atoms with Gasteiger partial charge in [-0.15, -0.1) is 0 Å². The van der Waals surface area contributed by atoms with Crippen LogP contribution in [0.1, 0.15) is 24.0 Å². The minimum absolute atomic E-state index is 0.0408. The van der Waals surface area contributed by atoms with E-state index in [1.807, 2.05) is 31.2 Å². The van der Waals surface area contributed by atoms with E-state index in [4.69, 9.17) is 4.74 Å². The van der Waals surface area contributed by atoms with Gasteiger partial charge < -0.3 is 15.0 Å². The highest BCUT2D eigenvalue weighted by Crippen LogP contribution is 2.09. The third kappa shape index (κ3) is 4.58. The number of nitrogens with zero attached hydrogens (tertiary/aromatic N) is 1. The number of amides is 2. The molecule has 1 fully saturated rings. The number of rotatable bonds is 6. The van der Waals surface area contributed by atoms with Gasteiger partial charge in [-0.05, 0) is 24.5 Å². The van der Waals surface area contributed by atoms with Crippen LogP contribution in [0, 0.1) is 6.92 Å². The number of carbonyl (C=O) groups excluding carboxylic acids is 3. The Hall–Kier alpha value is -2.37. The van der Waals surface area contributed by atoms with Crippen molar-refractivity contribution in [2.45, 2.75) is 26.3 Å². The number of benzene rings is 1. The summed E-state index contributed by atoms with van der Waals surface area (Å²) in [7, 11) is 0. The second-order valence-electron chi connectivity index (χ2n) is 5.28. The Balaban J connectivity index is 1.68. The Morgan fingerprint density at radius 3 is 2.77 bits per heavy atom. The summed E-state index contributed by atoms with van der Waals surface area (Å²) < 4.78 is 4.89. The second kappa shape index (κ2) is 7.59. The molecule has 1 aliphatic heterocycles. The van der Waals surface area contributed by atoms with Gasteiger partial charge in [-0.3, -0.25) is 14.4 Å². The number of hydrogen-bond acceptors (Lipinski definition) is 4. The van der Waals surface area contributed by atoms with E-state index < -0.39 is 5.97 Å². The largest absolute Gasteiger partial charge is 0.454 e. The highest BCUT2D eigenvalue weighted by Gasteiger charge is 2.23. The first-order chi connectivity index (χ1) is 10.6. The highest BCUT2D eigenvalue weighted by atomic mass is 16.5. The monoisotopic (exact) mass is 304 g/mol. The minimum Gasteiger partial charge on any atom is -0.454 e. The molecule has 22 heavy (non-hydrogen) atoms. The topological polar surface area (TPSA) is 75.7 Å². The zero-order chi connectivity index (χ0) is 15.9. The average Bonchev–Trinajstić information content (AvgIpc) is 2.89. The van der Waals surface area contributed by atoms with Crippen molar-refractivity contribution in [1.29, 1.82) is 0 Å². The lowest BCUT2D eigenvalue weighted by Crippen LogP contribution is -2.34. The van der Waals surface area contributed by atoms with E-state index in [1.54, 1.807) is 0 Å². The van der Waals surface area contributed by atoms with E-state index in [2.05, 4.69) is 5.32 Å². The van der Waals surface area contributed by atoms with Crippen LogP contribution in [0.5, 0.6) is 0 Å². The predicted molar refractivity (Wildman–Crippen MR) is 79.8 cm³/mol. The van der Waals surface area contributed by atoms with Crippen LogP contribution in [0.25, 0.3) is 0 Å². The van der Waals surface area contributed by atoms with Crippen LogP contribution in [0.15, 0.2) is 24.3 Å². The molecule has 1 N–H and O–H groups in total. The average molecular weight is 304 g/mol. The zero-order valence-corrected chi connectivity index (χ0v) is 12.6. The smallest absolute Gasteiger partial charge is 0.326 e. The van der Waals surface area contributed by atoms with E-state index >= 15 is 0 Å². The Labute approximate surface area is 129 Å². The van der Waals surface area contributed by atoms with Gasteiger partial charge in [0.15, 0.2) is 6.61 Å². The van der Waals surface area contributed by atoms with Crippen LogP contribution in [0.2, 0.25) is 0 Å². The molecule has 1 aliphatic rings. The molecule has 1 heterocycles. The molecular weight excluding hydrogens is 284 g/mol. The van der Waals surface area contributed by atoms with Crippen molar-refractivity contribution in [3.05, 3.63) is 35.4 Å². The highest BCUT2D eigenvalue weighted by molar-refractivity contribution is 5.85. The standard InChI is InChI=1S/C16H20N2O4/c1-12-5-2-3-6-13(12)9-17-14(19)11-22-16(21)10-18-8-4-7-15(18)20/h2-3,5-6H,4,7-11H2,1H3,(H,17,19). The van der Waals surface area contributed by atoms with Gasteiger partial charge >= 0.3 is 5.97 Å². The lowest BCUT2D eigenvalue weighted by molar-refractivity contribution is -0.151. The van der Waals surface area contributed by atoms with Crippen molar-refractivity contribution in [3.8, 4) is 0 Å². The van der Waals surface area contributed by atoms with Crippen LogP contribution < -0.4 is 5.32 Å². The third-order valence-corrected chi connectivity index (χ3v) is 3.59. The van der Waals surface area contributed by atoms with Gasteiger partial charge in [-0.1, -0.05) is 24.3 Å². The SMILES string of the molecule is Cc1ccccc1CNC(=O)COC(=O)CN1CCCC1=O. The molecule has 0 bridgehead atoms. The van der Waals surface area contributed by atoms with Gasteiger partial charge in [0, 0.05) is 19.5 Å². The van der Waals surface area contributed by atoms with Gasteiger partial charge in [-0.2, -0.15) is 0 Å². The first-order valence-corrected chi connectivity index (χ1v) is 7.31. The lowest BCUT2D eigenvalue weighted by atomic mass is 10.1. The number of ether oxygens (including phenoxy) is 1. The van der Waals surface area contributed by atoms with Gasteiger partial charge in [0.2, 0.25) is 5.91 Å². The van der Waals surface area contributed by atoms with Crippen LogP contribution in [0.3, 0.4) is 0 Å². The molecule has 0 radical (unpaired) electrons. The maximum atomic E-state index is 11.7. The number of hydrogen-bond donors (Lipinski definition) is 1. The van der Waals surface area contributed by atoms with Gasteiger partial charge in [0.25, 0.3) is 5.91 Å².